The lowest BCUT2D eigenvalue weighted by Gasteiger charge is -2.28. The average molecular weight is 238 g/mol. The zero-order valence-corrected chi connectivity index (χ0v) is 10.4. The Bertz CT molecular complexity index is 365. The van der Waals surface area contributed by atoms with Crippen molar-refractivity contribution in [1.82, 2.24) is 0 Å². The fraction of sp³-hybridized carbons (Fsp3) is 0.600. The maximum atomic E-state index is 13.7. The van der Waals surface area contributed by atoms with E-state index in [1.54, 1.807) is 12.1 Å². The first-order chi connectivity index (χ1) is 8.22. The second-order valence-electron chi connectivity index (χ2n) is 5.15. The number of hydrogen-bond donors (Lipinski definition) is 0. The molecule has 0 N–H and O–H groups in total. The fourth-order valence-corrected chi connectivity index (χ4v) is 3.01. The largest absolute Gasteiger partial charge is 0.204 e. The molecule has 1 saturated carbocycles. The summed E-state index contributed by atoms with van der Waals surface area (Å²) in [6.07, 6.45) is 6.83. The van der Waals surface area contributed by atoms with E-state index < -0.39 is 11.6 Å². The van der Waals surface area contributed by atoms with Crippen molar-refractivity contribution in [2.45, 2.75) is 51.4 Å². The summed E-state index contributed by atoms with van der Waals surface area (Å²) in [5.74, 6) is -0.323. The van der Waals surface area contributed by atoms with E-state index in [1.165, 1.54) is 18.9 Å². The SMILES string of the molecule is CCC[C@H]1CC[C@H](c2cccc(F)c2F)CC1. The predicted molar refractivity (Wildman–Crippen MR) is 66.0 cm³/mol. The molecule has 94 valence electrons. The molecule has 0 spiro atoms. The van der Waals surface area contributed by atoms with E-state index in [0.29, 0.717) is 5.56 Å². The van der Waals surface area contributed by atoms with Crippen LogP contribution < -0.4 is 0 Å². The third-order valence-electron chi connectivity index (χ3n) is 3.96. The van der Waals surface area contributed by atoms with Gasteiger partial charge in [-0.3, -0.25) is 0 Å². The maximum Gasteiger partial charge on any atom is 0.162 e. The summed E-state index contributed by atoms with van der Waals surface area (Å²) < 4.78 is 26.8. The predicted octanol–water partition coefficient (Wildman–Crippen LogP) is 5.04. The minimum Gasteiger partial charge on any atom is -0.204 e. The lowest BCUT2D eigenvalue weighted by atomic mass is 9.77. The second-order valence-corrected chi connectivity index (χ2v) is 5.15. The molecule has 0 radical (unpaired) electrons. The quantitative estimate of drug-likeness (QED) is 0.692. The summed E-state index contributed by atoms with van der Waals surface area (Å²) in [6.45, 7) is 2.21. The monoisotopic (exact) mass is 238 g/mol. The number of hydrogen-bond acceptors (Lipinski definition) is 0. The summed E-state index contributed by atoms with van der Waals surface area (Å²) in [7, 11) is 0. The highest BCUT2D eigenvalue weighted by molar-refractivity contribution is 5.23. The summed E-state index contributed by atoms with van der Waals surface area (Å²) in [4.78, 5) is 0. The van der Waals surface area contributed by atoms with Crippen molar-refractivity contribution in [2.24, 2.45) is 5.92 Å². The van der Waals surface area contributed by atoms with Crippen molar-refractivity contribution in [1.29, 1.82) is 0 Å². The summed E-state index contributed by atoms with van der Waals surface area (Å²) in [5, 5.41) is 0. The lowest BCUT2D eigenvalue weighted by Crippen LogP contribution is -2.14. The Hall–Kier alpha value is -0.920. The molecule has 0 nitrogen and oxygen atoms in total. The first-order valence-corrected chi connectivity index (χ1v) is 6.66. The lowest BCUT2D eigenvalue weighted by molar-refractivity contribution is 0.303. The van der Waals surface area contributed by atoms with Crippen molar-refractivity contribution in [3.63, 3.8) is 0 Å². The van der Waals surface area contributed by atoms with Gasteiger partial charge in [0.1, 0.15) is 0 Å². The van der Waals surface area contributed by atoms with Crippen molar-refractivity contribution in [3.8, 4) is 0 Å². The Balaban J connectivity index is 2.03. The zero-order chi connectivity index (χ0) is 12.3. The molecule has 0 aromatic heterocycles. The van der Waals surface area contributed by atoms with Crippen LogP contribution in [-0.2, 0) is 0 Å². The molecular weight excluding hydrogens is 218 g/mol. The van der Waals surface area contributed by atoms with Crippen LogP contribution in [0.15, 0.2) is 18.2 Å². The van der Waals surface area contributed by atoms with Crippen LogP contribution in [0.3, 0.4) is 0 Å². The normalized spacial score (nSPS) is 24.9. The van der Waals surface area contributed by atoms with Gasteiger partial charge in [-0.1, -0.05) is 31.9 Å². The standard InChI is InChI=1S/C15H20F2/c1-2-4-11-7-9-12(10-8-11)13-5-3-6-14(16)15(13)17/h3,5-6,11-12H,2,4,7-10H2,1H3/t11-,12-. The van der Waals surface area contributed by atoms with E-state index in [-0.39, 0.29) is 5.92 Å². The highest BCUT2D eigenvalue weighted by Gasteiger charge is 2.24. The first kappa shape index (κ1) is 12.5. The molecule has 1 aliphatic carbocycles. The molecule has 0 saturated heterocycles. The Morgan fingerprint density at radius 2 is 1.82 bits per heavy atom. The Morgan fingerprint density at radius 1 is 1.12 bits per heavy atom. The van der Waals surface area contributed by atoms with Crippen LogP contribution in [-0.4, -0.2) is 0 Å². The fourth-order valence-electron chi connectivity index (χ4n) is 3.01. The summed E-state index contributed by atoms with van der Waals surface area (Å²) in [5.41, 5.74) is 0.583. The molecule has 2 heteroatoms. The van der Waals surface area contributed by atoms with Gasteiger partial charge in [0.2, 0.25) is 0 Å². The second kappa shape index (κ2) is 5.61. The van der Waals surface area contributed by atoms with Crippen molar-refractivity contribution < 1.29 is 8.78 Å². The third kappa shape index (κ3) is 2.85. The molecule has 1 aromatic carbocycles. The minimum absolute atomic E-state index is 0.221. The molecule has 0 aliphatic heterocycles. The number of halogens is 2. The van der Waals surface area contributed by atoms with E-state index in [4.69, 9.17) is 0 Å². The highest BCUT2D eigenvalue weighted by atomic mass is 19.2. The van der Waals surface area contributed by atoms with Gasteiger partial charge in [0.25, 0.3) is 0 Å². The van der Waals surface area contributed by atoms with Gasteiger partial charge in [0.15, 0.2) is 11.6 Å². The molecule has 1 aliphatic rings. The number of benzene rings is 1. The van der Waals surface area contributed by atoms with Crippen LogP contribution in [0.5, 0.6) is 0 Å². The van der Waals surface area contributed by atoms with Crippen molar-refractivity contribution in [2.75, 3.05) is 0 Å². The molecule has 1 fully saturated rings. The molecular formula is C15H20F2. The topological polar surface area (TPSA) is 0 Å². The van der Waals surface area contributed by atoms with E-state index >= 15 is 0 Å². The maximum absolute atomic E-state index is 13.7. The summed E-state index contributed by atoms with van der Waals surface area (Å²) >= 11 is 0. The average Bonchev–Trinajstić information content (AvgIpc) is 2.34. The first-order valence-electron chi connectivity index (χ1n) is 6.66. The van der Waals surface area contributed by atoms with Gasteiger partial charge in [-0.25, -0.2) is 8.78 Å². The van der Waals surface area contributed by atoms with Crippen LogP contribution in [0, 0.1) is 17.6 Å². The van der Waals surface area contributed by atoms with Crippen LogP contribution in [0.4, 0.5) is 8.78 Å². The van der Waals surface area contributed by atoms with Gasteiger partial charge in [-0.2, -0.15) is 0 Å². The molecule has 0 heterocycles. The number of rotatable bonds is 3. The molecule has 0 amide bonds. The Labute approximate surface area is 102 Å². The van der Waals surface area contributed by atoms with Crippen LogP contribution in [0.2, 0.25) is 0 Å². The molecule has 0 unspecified atom stereocenters. The van der Waals surface area contributed by atoms with E-state index in [9.17, 15) is 8.78 Å². The van der Waals surface area contributed by atoms with Crippen molar-refractivity contribution >= 4 is 0 Å². The van der Waals surface area contributed by atoms with Gasteiger partial charge in [0, 0.05) is 0 Å². The summed E-state index contributed by atoms with van der Waals surface area (Å²) in [6, 6.07) is 4.55. The van der Waals surface area contributed by atoms with Gasteiger partial charge >= 0.3 is 0 Å². The van der Waals surface area contributed by atoms with Crippen molar-refractivity contribution in [3.05, 3.63) is 35.4 Å². The van der Waals surface area contributed by atoms with E-state index in [0.717, 1.165) is 31.6 Å². The molecule has 17 heavy (non-hydrogen) atoms. The van der Waals surface area contributed by atoms with E-state index in [1.807, 2.05) is 0 Å². The third-order valence-corrected chi connectivity index (χ3v) is 3.96. The van der Waals surface area contributed by atoms with Gasteiger partial charge in [-0.05, 0) is 49.1 Å². The van der Waals surface area contributed by atoms with Crippen LogP contribution >= 0.6 is 0 Å². The molecule has 0 bridgehead atoms. The van der Waals surface area contributed by atoms with Gasteiger partial charge in [0.05, 0.1) is 0 Å². The van der Waals surface area contributed by atoms with Gasteiger partial charge < -0.3 is 0 Å². The molecule has 0 atom stereocenters. The Morgan fingerprint density at radius 3 is 2.47 bits per heavy atom. The Kier molecular flexibility index (Phi) is 4.14. The zero-order valence-electron chi connectivity index (χ0n) is 10.4. The van der Waals surface area contributed by atoms with Crippen LogP contribution in [0.25, 0.3) is 0 Å². The van der Waals surface area contributed by atoms with Crippen LogP contribution in [0.1, 0.15) is 56.9 Å². The smallest absolute Gasteiger partial charge is 0.162 e. The molecule has 1 aromatic rings. The van der Waals surface area contributed by atoms with E-state index in [2.05, 4.69) is 6.92 Å². The molecule has 2 rings (SSSR count). The minimum atomic E-state index is -0.710. The van der Waals surface area contributed by atoms with Gasteiger partial charge in [-0.15, -0.1) is 0 Å². The highest BCUT2D eigenvalue weighted by Crippen LogP contribution is 2.38.